The quantitative estimate of drug-likeness (QED) is 0.684. The van der Waals surface area contributed by atoms with Crippen LogP contribution >= 0.6 is 0 Å². The van der Waals surface area contributed by atoms with Gasteiger partial charge < -0.3 is 20.5 Å². The summed E-state index contributed by atoms with van der Waals surface area (Å²) in [5.41, 5.74) is 5.40. The Hall–Kier alpha value is -0.690. The van der Waals surface area contributed by atoms with Gasteiger partial charge in [0.15, 0.2) is 0 Å². The Morgan fingerprint density at radius 2 is 1.79 bits per heavy atom. The third-order valence-corrected chi connectivity index (χ3v) is 4.14. The fraction of sp³-hybridized carbons (Fsp3) is 0.923. The molecular formula is C13H25N3O3. The van der Waals surface area contributed by atoms with Crippen LogP contribution in [0.5, 0.6) is 0 Å². The Bertz CT molecular complexity index is 287. The van der Waals surface area contributed by atoms with Gasteiger partial charge in [-0.2, -0.15) is 0 Å². The van der Waals surface area contributed by atoms with Crippen molar-refractivity contribution < 1.29 is 14.3 Å². The van der Waals surface area contributed by atoms with Gasteiger partial charge in [0.05, 0.1) is 18.6 Å². The maximum atomic E-state index is 12.3. The van der Waals surface area contributed by atoms with Gasteiger partial charge in [-0.25, -0.2) is 0 Å². The molecule has 0 bridgehead atoms. The number of amides is 1. The highest BCUT2D eigenvalue weighted by Crippen LogP contribution is 2.29. The number of nitrogens with zero attached hydrogens (tertiary/aromatic N) is 1. The van der Waals surface area contributed by atoms with Gasteiger partial charge in [-0.1, -0.05) is 0 Å². The van der Waals surface area contributed by atoms with E-state index in [0.29, 0.717) is 26.3 Å². The number of ether oxygens (including phenoxy) is 2. The number of carbonyl (C=O) groups excluding carboxylic acids is 1. The minimum Gasteiger partial charge on any atom is -0.381 e. The van der Waals surface area contributed by atoms with Crippen molar-refractivity contribution in [3.05, 3.63) is 0 Å². The van der Waals surface area contributed by atoms with Crippen LogP contribution in [0.1, 0.15) is 12.8 Å². The lowest BCUT2D eigenvalue weighted by Gasteiger charge is -2.35. The molecule has 6 heteroatoms. The predicted octanol–water partition coefficient (Wildman–Crippen LogP) is -0.810. The highest BCUT2D eigenvalue weighted by atomic mass is 16.5. The summed E-state index contributed by atoms with van der Waals surface area (Å²) in [5, 5.41) is 3.03. The number of nitrogens with one attached hydrogen (secondary N) is 1. The van der Waals surface area contributed by atoms with Gasteiger partial charge in [-0.15, -0.1) is 0 Å². The fourth-order valence-corrected chi connectivity index (χ4v) is 2.63. The minimum absolute atomic E-state index is 0.0894. The molecule has 2 aliphatic heterocycles. The van der Waals surface area contributed by atoms with Gasteiger partial charge >= 0.3 is 0 Å². The molecule has 6 nitrogen and oxygen atoms in total. The van der Waals surface area contributed by atoms with Crippen molar-refractivity contribution in [3.63, 3.8) is 0 Å². The van der Waals surface area contributed by atoms with Crippen molar-refractivity contribution >= 4 is 5.91 Å². The standard InChI is InChI=1S/C13H25N3O3/c14-11-13(1-7-18-8-2-13)12(17)15-3-4-16-5-9-19-10-6-16/h1-11,14H2,(H,15,17). The van der Waals surface area contributed by atoms with E-state index in [9.17, 15) is 4.79 Å². The molecule has 19 heavy (non-hydrogen) atoms. The molecule has 0 aliphatic carbocycles. The van der Waals surface area contributed by atoms with Gasteiger partial charge in [0.1, 0.15) is 0 Å². The second-order valence-electron chi connectivity index (χ2n) is 5.31. The molecule has 1 amide bonds. The molecule has 0 saturated carbocycles. The van der Waals surface area contributed by atoms with Crippen molar-refractivity contribution in [3.8, 4) is 0 Å². The Kier molecular flexibility index (Phi) is 5.57. The Morgan fingerprint density at radius 1 is 1.16 bits per heavy atom. The predicted molar refractivity (Wildman–Crippen MR) is 71.8 cm³/mol. The van der Waals surface area contributed by atoms with Crippen LogP contribution in [0, 0.1) is 5.41 Å². The summed E-state index contributed by atoms with van der Waals surface area (Å²) in [7, 11) is 0. The monoisotopic (exact) mass is 271 g/mol. The van der Waals surface area contributed by atoms with E-state index in [1.54, 1.807) is 0 Å². The van der Waals surface area contributed by atoms with Crippen molar-refractivity contribution in [2.45, 2.75) is 12.8 Å². The second-order valence-corrected chi connectivity index (χ2v) is 5.31. The zero-order chi connectivity index (χ0) is 13.6. The van der Waals surface area contributed by atoms with Crippen molar-refractivity contribution in [2.24, 2.45) is 11.1 Å². The number of morpholine rings is 1. The number of hydrogen-bond donors (Lipinski definition) is 2. The largest absolute Gasteiger partial charge is 0.381 e. The van der Waals surface area contributed by atoms with Crippen LogP contribution < -0.4 is 11.1 Å². The molecule has 0 aromatic rings. The van der Waals surface area contributed by atoms with Crippen LogP contribution in [0.15, 0.2) is 0 Å². The molecule has 2 heterocycles. The third kappa shape index (κ3) is 3.89. The first kappa shape index (κ1) is 14.7. The smallest absolute Gasteiger partial charge is 0.227 e. The summed E-state index contributed by atoms with van der Waals surface area (Å²) < 4.78 is 10.6. The molecule has 2 rings (SSSR count). The second kappa shape index (κ2) is 7.19. The van der Waals surface area contributed by atoms with Crippen LogP contribution in [-0.4, -0.2) is 70.0 Å². The normalized spacial score (nSPS) is 24.1. The van der Waals surface area contributed by atoms with E-state index in [4.69, 9.17) is 15.2 Å². The van der Waals surface area contributed by atoms with E-state index in [1.807, 2.05) is 0 Å². The first-order valence-corrected chi connectivity index (χ1v) is 7.13. The maximum absolute atomic E-state index is 12.3. The highest BCUT2D eigenvalue weighted by Gasteiger charge is 2.38. The average molecular weight is 271 g/mol. The van der Waals surface area contributed by atoms with E-state index in [2.05, 4.69) is 10.2 Å². The van der Waals surface area contributed by atoms with Crippen molar-refractivity contribution in [1.29, 1.82) is 0 Å². The van der Waals surface area contributed by atoms with E-state index in [0.717, 1.165) is 45.7 Å². The summed E-state index contributed by atoms with van der Waals surface area (Å²) in [6.45, 7) is 6.71. The lowest BCUT2D eigenvalue weighted by Crippen LogP contribution is -2.51. The average Bonchev–Trinajstić information content (AvgIpc) is 2.49. The molecule has 2 fully saturated rings. The molecule has 0 radical (unpaired) electrons. The first-order valence-electron chi connectivity index (χ1n) is 7.13. The van der Waals surface area contributed by atoms with E-state index >= 15 is 0 Å². The summed E-state index contributed by atoms with van der Waals surface area (Å²) in [6.07, 6.45) is 1.46. The third-order valence-electron chi connectivity index (χ3n) is 4.14. The van der Waals surface area contributed by atoms with Gasteiger partial charge in [0, 0.05) is 45.9 Å². The van der Waals surface area contributed by atoms with Crippen LogP contribution in [0.25, 0.3) is 0 Å². The number of rotatable bonds is 5. The van der Waals surface area contributed by atoms with Gasteiger partial charge in [-0.3, -0.25) is 9.69 Å². The summed E-state index contributed by atoms with van der Waals surface area (Å²) in [6, 6.07) is 0. The summed E-state index contributed by atoms with van der Waals surface area (Å²) in [5.74, 6) is 0.0894. The van der Waals surface area contributed by atoms with Crippen LogP contribution in [0.4, 0.5) is 0 Å². The first-order chi connectivity index (χ1) is 9.27. The molecule has 0 spiro atoms. The molecule has 2 aliphatic rings. The highest BCUT2D eigenvalue weighted by molar-refractivity contribution is 5.83. The molecule has 2 saturated heterocycles. The number of hydrogen-bond acceptors (Lipinski definition) is 5. The van der Waals surface area contributed by atoms with E-state index < -0.39 is 5.41 Å². The maximum Gasteiger partial charge on any atom is 0.227 e. The Labute approximate surface area is 114 Å². The van der Waals surface area contributed by atoms with Crippen molar-refractivity contribution in [1.82, 2.24) is 10.2 Å². The van der Waals surface area contributed by atoms with Gasteiger partial charge in [0.2, 0.25) is 5.91 Å². The van der Waals surface area contributed by atoms with E-state index in [-0.39, 0.29) is 5.91 Å². The molecule has 0 aromatic carbocycles. The zero-order valence-corrected chi connectivity index (χ0v) is 11.5. The van der Waals surface area contributed by atoms with Gasteiger partial charge in [-0.05, 0) is 12.8 Å². The molecule has 110 valence electrons. The summed E-state index contributed by atoms with van der Waals surface area (Å²) in [4.78, 5) is 14.6. The lowest BCUT2D eigenvalue weighted by atomic mass is 9.79. The zero-order valence-electron chi connectivity index (χ0n) is 11.5. The molecule has 0 unspecified atom stereocenters. The molecular weight excluding hydrogens is 246 g/mol. The fourth-order valence-electron chi connectivity index (χ4n) is 2.63. The van der Waals surface area contributed by atoms with Crippen LogP contribution in [-0.2, 0) is 14.3 Å². The van der Waals surface area contributed by atoms with E-state index in [1.165, 1.54) is 0 Å². The number of carbonyl (C=O) groups is 1. The van der Waals surface area contributed by atoms with Crippen molar-refractivity contribution in [2.75, 3.05) is 59.2 Å². The molecule has 0 aromatic heterocycles. The van der Waals surface area contributed by atoms with Crippen LogP contribution in [0.3, 0.4) is 0 Å². The molecule has 0 atom stereocenters. The minimum atomic E-state index is -0.413. The SMILES string of the molecule is NCC1(C(=O)NCCN2CCOCC2)CCOCC1. The topological polar surface area (TPSA) is 76.8 Å². The molecule has 3 N–H and O–H groups in total. The number of nitrogens with two attached hydrogens (primary N) is 1. The van der Waals surface area contributed by atoms with Crippen LogP contribution in [0.2, 0.25) is 0 Å². The summed E-state index contributed by atoms with van der Waals surface area (Å²) >= 11 is 0. The van der Waals surface area contributed by atoms with Gasteiger partial charge in [0.25, 0.3) is 0 Å². The lowest BCUT2D eigenvalue weighted by molar-refractivity contribution is -0.136. The Morgan fingerprint density at radius 3 is 2.42 bits per heavy atom. The Balaban J connectivity index is 1.73.